The molecule has 1 aromatic carbocycles. The molecule has 2 aromatic rings. The van der Waals surface area contributed by atoms with Crippen LogP contribution < -0.4 is 0 Å². The molecule has 0 unspecified atom stereocenters. The number of nitrogens with zero attached hydrogens (tertiary/aromatic N) is 1. The van der Waals surface area contributed by atoms with Gasteiger partial charge in [0.15, 0.2) is 0 Å². The molecule has 72 valence electrons. The summed E-state index contributed by atoms with van der Waals surface area (Å²) in [4.78, 5) is 11.4. The quantitative estimate of drug-likeness (QED) is 0.647. The van der Waals surface area contributed by atoms with E-state index < -0.39 is 0 Å². The first-order valence-electron chi connectivity index (χ1n) is 3.95. The molecule has 0 radical (unpaired) electrons. The molecule has 14 heavy (non-hydrogen) atoms. The van der Waals surface area contributed by atoms with Gasteiger partial charge in [-0.05, 0) is 28.7 Å². The van der Waals surface area contributed by atoms with E-state index >= 15 is 0 Å². The fourth-order valence-electron chi connectivity index (χ4n) is 1.28. The number of aromatic nitrogens is 2. The van der Waals surface area contributed by atoms with E-state index in [9.17, 15) is 4.79 Å². The van der Waals surface area contributed by atoms with Gasteiger partial charge in [0.05, 0.1) is 12.7 Å². The number of rotatable bonds is 1. The van der Waals surface area contributed by atoms with Gasteiger partial charge in [0.25, 0.3) is 0 Å². The first-order valence-corrected chi connectivity index (χ1v) is 5.03. The SMILES string of the molecule is COC(=O)c1cccc2c(I)[nH]nc12. The first-order chi connectivity index (χ1) is 6.74. The van der Waals surface area contributed by atoms with Gasteiger partial charge in [0, 0.05) is 5.39 Å². The summed E-state index contributed by atoms with van der Waals surface area (Å²) in [6.45, 7) is 0. The van der Waals surface area contributed by atoms with Crippen molar-refractivity contribution in [3.63, 3.8) is 0 Å². The summed E-state index contributed by atoms with van der Waals surface area (Å²) >= 11 is 2.14. The second-order valence-corrected chi connectivity index (χ2v) is 3.81. The van der Waals surface area contributed by atoms with E-state index in [1.54, 1.807) is 6.07 Å². The molecule has 0 atom stereocenters. The maximum Gasteiger partial charge on any atom is 0.340 e. The molecule has 0 fully saturated rings. The summed E-state index contributed by atoms with van der Waals surface area (Å²) < 4.78 is 5.58. The molecule has 2 rings (SSSR count). The Morgan fingerprint density at radius 3 is 3.07 bits per heavy atom. The third-order valence-electron chi connectivity index (χ3n) is 1.94. The van der Waals surface area contributed by atoms with Crippen LogP contribution >= 0.6 is 22.6 Å². The zero-order chi connectivity index (χ0) is 10.1. The second kappa shape index (κ2) is 3.56. The molecule has 4 nitrogen and oxygen atoms in total. The summed E-state index contributed by atoms with van der Waals surface area (Å²) in [6.07, 6.45) is 0. The summed E-state index contributed by atoms with van der Waals surface area (Å²) in [6, 6.07) is 5.42. The molecule has 0 saturated heterocycles. The van der Waals surface area contributed by atoms with Crippen LogP contribution in [-0.2, 0) is 4.74 Å². The van der Waals surface area contributed by atoms with Crippen molar-refractivity contribution in [2.45, 2.75) is 0 Å². The number of H-pyrrole nitrogens is 1. The Labute approximate surface area is 93.8 Å². The van der Waals surface area contributed by atoms with Gasteiger partial charge in [0.1, 0.15) is 9.22 Å². The lowest BCUT2D eigenvalue weighted by Crippen LogP contribution is -2.01. The Morgan fingerprint density at radius 1 is 1.57 bits per heavy atom. The average Bonchev–Trinajstić information content (AvgIpc) is 2.59. The average molecular weight is 302 g/mol. The number of hydrogen-bond donors (Lipinski definition) is 1. The van der Waals surface area contributed by atoms with E-state index in [1.807, 2.05) is 12.1 Å². The lowest BCUT2D eigenvalue weighted by Gasteiger charge is -1.98. The van der Waals surface area contributed by atoms with Crippen LogP contribution in [0.4, 0.5) is 0 Å². The molecule has 0 aliphatic carbocycles. The standard InChI is InChI=1S/C9H7IN2O2/c1-14-9(13)6-4-2-3-5-7(6)11-12-8(5)10/h2-4H,1H3,(H,11,12). The van der Waals surface area contributed by atoms with Crippen LogP contribution in [0.1, 0.15) is 10.4 Å². The summed E-state index contributed by atoms with van der Waals surface area (Å²) in [5.41, 5.74) is 1.15. The highest BCUT2D eigenvalue weighted by Crippen LogP contribution is 2.21. The molecule has 1 N–H and O–H groups in total. The van der Waals surface area contributed by atoms with E-state index in [-0.39, 0.29) is 5.97 Å². The summed E-state index contributed by atoms with van der Waals surface area (Å²) in [7, 11) is 1.36. The number of fused-ring (bicyclic) bond motifs is 1. The highest BCUT2D eigenvalue weighted by Gasteiger charge is 2.13. The van der Waals surface area contributed by atoms with Gasteiger partial charge in [-0.2, -0.15) is 5.10 Å². The van der Waals surface area contributed by atoms with Crippen LogP contribution in [0.25, 0.3) is 10.9 Å². The van der Waals surface area contributed by atoms with Gasteiger partial charge in [0.2, 0.25) is 0 Å². The number of benzene rings is 1. The monoisotopic (exact) mass is 302 g/mol. The summed E-state index contributed by atoms with van der Waals surface area (Å²) in [5.74, 6) is -0.363. The Balaban J connectivity index is 2.71. The first kappa shape index (κ1) is 9.45. The molecule has 1 aromatic heterocycles. The van der Waals surface area contributed by atoms with Crippen molar-refractivity contribution in [3.8, 4) is 0 Å². The van der Waals surface area contributed by atoms with Crippen molar-refractivity contribution in [3.05, 3.63) is 27.5 Å². The Bertz CT molecular complexity index is 493. The van der Waals surface area contributed by atoms with E-state index in [4.69, 9.17) is 0 Å². The number of nitrogens with one attached hydrogen (secondary N) is 1. The number of esters is 1. The van der Waals surface area contributed by atoms with Crippen LogP contribution in [0, 0.1) is 3.70 Å². The molecule has 0 saturated carbocycles. The van der Waals surface area contributed by atoms with Crippen LogP contribution in [0.2, 0.25) is 0 Å². The number of ether oxygens (including phenoxy) is 1. The molecular formula is C9H7IN2O2. The zero-order valence-corrected chi connectivity index (χ0v) is 9.53. The smallest absolute Gasteiger partial charge is 0.340 e. The largest absolute Gasteiger partial charge is 0.465 e. The maximum absolute atomic E-state index is 11.4. The van der Waals surface area contributed by atoms with Crippen molar-refractivity contribution in [2.75, 3.05) is 7.11 Å². The van der Waals surface area contributed by atoms with Gasteiger partial charge in [-0.3, -0.25) is 5.10 Å². The van der Waals surface area contributed by atoms with Crippen LogP contribution in [0.3, 0.4) is 0 Å². The molecule has 0 aliphatic rings. The molecule has 0 bridgehead atoms. The highest BCUT2D eigenvalue weighted by molar-refractivity contribution is 14.1. The highest BCUT2D eigenvalue weighted by atomic mass is 127. The van der Waals surface area contributed by atoms with Crippen molar-refractivity contribution >= 4 is 39.5 Å². The fourth-order valence-corrected chi connectivity index (χ4v) is 1.84. The Hall–Kier alpha value is -1.11. The minimum Gasteiger partial charge on any atom is -0.465 e. The predicted octanol–water partition coefficient (Wildman–Crippen LogP) is 1.95. The van der Waals surface area contributed by atoms with Crippen LogP contribution in [0.5, 0.6) is 0 Å². The topological polar surface area (TPSA) is 55.0 Å². The molecule has 0 amide bonds. The van der Waals surface area contributed by atoms with Gasteiger partial charge >= 0.3 is 5.97 Å². The number of carbonyl (C=O) groups excluding carboxylic acids is 1. The van der Waals surface area contributed by atoms with Crippen molar-refractivity contribution in [1.82, 2.24) is 10.2 Å². The normalized spacial score (nSPS) is 10.4. The minimum absolute atomic E-state index is 0.363. The number of carbonyl (C=O) groups is 1. The van der Waals surface area contributed by atoms with Crippen molar-refractivity contribution < 1.29 is 9.53 Å². The number of hydrogen-bond acceptors (Lipinski definition) is 3. The van der Waals surface area contributed by atoms with Gasteiger partial charge < -0.3 is 4.74 Å². The van der Waals surface area contributed by atoms with Crippen LogP contribution in [-0.4, -0.2) is 23.3 Å². The third kappa shape index (κ3) is 1.37. The Kier molecular flexibility index (Phi) is 2.40. The summed E-state index contributed by atoms with van der Waals surface area (Å²) in [5, 5.41) is 7.82. The molecular weight excluding hydrogens is 295 g/mol. The lowest BCUT2D eigenvalue weighted by atomic mass is 10.1. The lowest BCUT2D eigenvalue weighted by molar-refractivity contribution is 0.0603. The van der Waals surface area contributed by atoms with Gasteiger partial charge in [-0.15, -0.1) is 0 Å². The number of aromatic amines is 1. The minimum atomic E-state index is -0.363. The molecule has 5 heteroatoms. The Morgan fingerprint density at radius 2 is 2.36 bits per heavy atom. The van der Waals surface area contributed by atoms with Crippen molar-refractivity contribution in [2.24, 2.45) is 0 Å². The van der Waals surface area contributed by atoms with E-state index in [2.05, 4.69) is 37.5 Å². The maximum atomic E-state index is 11.4. The van der Waals surface area contributed by atoms with E-state index in [0.29, 0.717) is 11.1 Å². The van der Waals surface area contributed by atoms with Crippen molar-refractivity contribution in [1.29, 1.82) is 0 Å². The molecule has 1 heterocycles. The van der Waals surface area contributed by atoms with E-state index in [0.717, 1.165) is 9.09 Å². The predicted molar refractivity (Wildman–Crippen MR) is 60.2 cm³/mol. The zero-order valence-electron chi connectivity index (χ0n) is 7.37. The number of halogens is 1. The van der Waals surface area contributed by atoms with E-state index in [1.165, 1.54) is 7.11 Å². The number of methoxy groups -OCH3 is 1. The van der Waals surface area contributed by atoms with Gasteiger partial charge in [-0.25, -0.2) is 4.79 Å². The fraction of sp³-hybridized carbons (Fsp3) is 0.111. The van der Waals surface area contributed by atoms with Crippen LogP contribution in [0.15, 0.2) is 18.2 Å². The third-order valence-corrected chi connectivity index (χ3v) is 2.77. The molecule has 0 aliphatic heterocycles. The molecule has 0 spiro atoms. The number of para-hydroxylation sites is 1. The van der Waals surface area contributed by atoms with Gasteiger partial charge in [-0.1, -0.05) is 12.1 Å². The second-order valence-electron chi connectivity index (χ2n) is 2.73.